The van der Waals surface area contributed by atoms with Gasteiger partial charge in [0.2, 0.25) is 0 Å². The molecule has 0 fully saturated rings. The fraction of sp³-hybridized carbons (Fsp3) is 0.154. The van der Waals surface area contributed by atoms with Gasteiger partial charge in [-0.2, -0.15) is 0 Å². The number of ether oxygens (including phenoxy) is 1. The van der Waals surface area contributed by atoms with Gasteiger partial charge in [-0.3, -0.25) is 0 Å². The van der Waals surface area contributed by atoms with Crippen LogP contribution in [0.4, 0.5) is 28.4 Å². The zero-order valence-electron chi connectivity index (χ0n) is 17.6. The van der Waals surface area contributed by atoms with E-state index in [2.05, 4.69) is 65.8 Å². The van der Waals surface area contributed by atoms with Gasteiger partial charge in [0.1, 0.15) is 0 Å². The zero-order chi connectivity index (χ0) is 21.4. The van der Waals surface area contributed by atoms with Crippen LogP contribution in [0.2, 0.25) is 5.02 Å². The summed E-state index contributed by atoms with van der Waals surface area (Å²) in [5, 5.41) is 10.0. The van der Waals surface area contributed by atoms with Crippen molar-refractivity contribution in [2.45, 2.75) is 13.8 Å². The van der Waals surface area contributed by atoms with E-state index in [0.717, 1.165) is 63.8 Å². The van der Waals surface area contributed by atoms with Crippen molar-refractivity contribution in [1.29, 1.82) is 0 Å². The molecule has 0 bridgehead atoms. The number of hydrogen-bond donors (Lipinski definition) is 2. The van der Waals surface area contributed by atoms with E-state index >= 15 is 0 Å². The second kappa shape index (κ2) is 8.05. The van der Waals surface area contributed by atoms with Gasteiger partial charge in [0, 0.05) is 52.4 Å². The SMILES string of the molecule is CCN(CC)c1ccc2c(c1)Oc1cc(Nc3cccc(Cl)c3)c3ccccc3c1N2. The molecule has 1 aliphatic rings. The third-order valence-corrected chi connectivity index (χ3v) is 5.92. The van der Waals surface area contributed by atoms with Gasteiger partial charge in [-0.05, 0) is 44.2 Å². The smallest absolute Gasteiger partial charge is 0.153 e. The van der Waals surface area contributed by atoms with Crippen molar-refractivity contribution in [3.8, 4) is 11.5 Å². The van der Waals surface area contributed by atoms with Crippen LogP contribution in [-0.2, 0) is 0 Å². The fourth-order valence-electron chi connectivity index (χ4n) is 4.12. The van der Waals surface area contributed by atoms with Crippen LogP contribution in [0.15, 0.2) is 72.8 Å². The summed E-state index contributed by atoms with van der Waals surface area (Å²) in [6.45, 7) is 6.24. The molecule has 4 nitrogen and oxygen atoms in total. The zero-order valence-corrected chi connectivity index (χ0v) is 18.3. The second-order valence-corrected chi connectivity index (χ2v) is 7.99. The van der Waals surface area contributed by atoms with Gasteiger partial charge < -0.3 is 20.3 Å². The maximum atomic E-state index is 6.41. The van der Waals surface area contributed by atoms with Crippen molar-refractivity contribution < 1.29 is 4.74 Å². The van der Waals surface area contributed by atoms with Gasteiger partial charge in [-0.1, -0.05) is 41.9 Å². The molecule has 31 heavy (non-hydrogen) atoms. The Morgan fingerprint density at radius 2 is 1.68 bits per heavy atom. The predicted octanol–water partition coefficient (Wildman–Crippen LogP) is 7.93. The Morgan fingerprint density at radius 1 is 0.871 bits per heavy atom. The first kappa shape index (κ1) is 19.6. The van der Waals surface area contributed by atoms with Crippen molar-refractivity contribution in [1.82, 2.24) is 0 Å². The number of nitrogens with one attached hydrogen (secondary N) is 2. The molecule has 0 saturated carbocycles. The number of benzene rings is 4. The molecule has 0 amide bonds. The van der Waals surface area contributed by atoms with Gasteiger partial charge in [0.05, 0.1) is 17.1 Å². The van der Waals surface area contributed by atoms with E-state index in [1.807, 2.05) is 36.4 Å². The Kier molecular flexibility index (Phi) is 5.08. The van der Waals surface area contributed by atoms with Crippen molar-refractivity contribution in [2.75, 3.05) is 28.6 Å². The number of nitrogens with zero attached hydrogens (tertiary/aromatic N) is 1. The van der Waals surface area contributed by atoms with Crippen LogP contribution in [0.5, 0.6) is 11.5 Å². The Morgan fingerprint density at radius 3 is 2.45 bits per heavy atom. The quantitative estimate of drug-likeness (QED) is 0.297. The Balaban J connectivity index is 1.59. The van der Waals surface area contributed by atoms with Gasteiger partial charge in [0.15, 0.2) is 11.5 Å². The van der Waals surface area contributed by atoms with E-state index in [4.69, 9.17) is 16.3 Å². The largest absolute Gasteiger partial charge is 0.453 e. The standard InChI is InChI=1S/C26H24ClN3O/c1-3-30(4-2)19-12-13-22-24(15-19)31-25-16-23(28-18-9-7-8-17(27)14-18)20-10-5-6-11-21(20)26(25)29-22/h5-16,28-29H,3-4H2,1-2H3. The van der Waals surface area contributed by atoms with Crippen LogP contribution in [0.3, 0.4) is 0 Å². The van der Waals surface area contributed by atoms with Gasteiger partial charge in [-0.15, -0.1) is 0 Å². The number of hydrogen-bond acceptors (Lipinski definition) is 4. The van der Waals surface area contributed by atoms with E-state index in [9.17, 15) is 0 Å². The molecule has 4 aromatic carbocycles. The lowest BCUT2D eigenvalue weighted by Crippen LogP contribution is -2.21. The van der Waals surface area contributed by atoms with E-state index in [-0.39, 0.29) is 0 Å². The van der Waals surface area contributed by atoms with Gasteiger partial charge in [-0.25, -0.2) is 0 Å². The Hall–Kier alpha value is -3.37. The molecular weight excluding hydrogens is 406 g/mol. The Bertz CT molecular complexity index is 1270. The normalized spacial score (nSPS) is 11.8. The molecule has 156 valence electrons. The van der Waals surface area contributed by atoms with E-state index in [1.54, 1.807) is 0 Å². The monoisotopic (exact) mass is 429 g/mol. The lowest BCUT2D eigenvalue weighted by Gasteiger charge is -2.27. The van der Waals surface area contributed by atoms with E-state index in [0.29, 0.717) is 5.02 Å². The van der Waals surface area contributed by atoms with Crippen molar-refractivity contribution in [3.05, 3.63) is 77.8 Å². The molecule has 5 rings (SSSR count). The van der Waals surface area contributed by atoms with Crippen LogP contribution in [-0.4, -0.2) is 13.1 Å². The highest BCUT2D eigenvalue weighted by Gasteiger charge is 2.22. The number of halogens is 1. The highest BCUT2D eigenvalue weighted by Crippen LogP contribution is 2.49. The summed E-state index contributed by atoms with van der Waals surface area (Å²) in [6, 6.07) is 24.5. The molecule has 1 heterocycles. The predicted molar refractivity (Wildman–Crippen MR) is 132 cm³/mol. The second-order valence-electron chi connectivity index (χ2n) is 7.56. The molecule has 0 aromatic heterocycles. The highest BCUT2D eigenvalue weighted by atomic mass is 35.5. The van der Waals surface area contributed by atoms with Gasteiger partial charge >= 0.3 is 0 Å². The van der Waals surface area contributed by atoms with Crippen LogP contribution >= 0.6 is 11.6 Å². The molecule has 0 radical (unpaired) electrons. The molecule has 2 N–H and O–H groups in total. The molecule has 0 aliphatic carbocycles. The molecule has 1 aliphatic heterocycles. The first-order chi connectivity index (χ1) is 15.2. The van der Waals surface area contributed by atoms with Crippen molar-refractivity contribution in [3.63, 3.8) is 0 Å². The molecule has 0 atom stereocenters. The molecule has 4 aromatic rings. The third-order valence-electron chi connectivity index (χ3n) is 5.69. The van der Waals surface area contributed by atoms with Crippen LogP contribution in [0.1, 0.15) is 13.8 Å². The minimum absolute atomic E-state index is 0.697. The highest BCUT2D eigenvalue weighted by molar-refractivity contribution is 6.30. The molecule has 0 saturated heterocycles. The summed E-state index contributed by atoms with van der Waals surface area (Å²) in [6.07, 6.45) is 0. The average molecular weight is 430 g/mol. The molecular formula is C26H24ClN3O. The lowest BCUT2D eigenvalue weighted by atomic mass is 10.0. The van der Waals surface area contributed by atoms with Gasteiger partial charge in [0.25, 0.3) is 0 Å². The van der Waals surface area contributed by atoms with Crippen LogP contribution < -0.4 is 20.3 Å². The molecule has 0 unspecified atom stereocenters. The summed E-state index contributed by atoms with van der Waals surface area (Å²) in [7, 11) is 0. The first-order valence-corrected chi connectivity index (χ1v) is 11.0. The minimum Gasteiger partial charge on any atom is -0.453 e. The van der Waals surface area contributed by atoms with E-state index in [1.165, 1.54) is 0 Å². The molecule has 5 heteroatoms. The lowest BCUT2D eigenvalue weighted by molar-refractivity contribution is 0.482. The Labute approximate surface area is 187 Å². The van der Waals surface area contributed by atoms with Crippen LogP contribution in [0.25, 0.3) is 10.8 Å². The maximum Gasteiger partial charge on any atom is 0.153 e. The summed E-state index contributed by atoms with van der Waals surface area (Å²) in [5.74, 6) is 1.63. The first-order valence-electron chi connectivity index (χ1n) is 10.6. The average Bonchev–Trinajstić information content (AvgIpc) is 2.79. The summed E-state index contributed by atoms with van der Waals surface area (Å²) in [5.41, 5.74) is 5.03. The summed E-state index contributed by atoms with van der Waals surface area (Å²) in [4.78, 5) is 2.31. The maximum absolute atomic E-state index is 6.41. The van der Waals surface area contributed by atoms with Crippen LogP contribution in [0, 0.1) is 0 Å². The summed E-state index contributed by atoms with van der Waals surface area (Å²) >= 11 is 6.19. The summed E-state index contributed by atoms with van der Waals surface area (Å²) < 4.78 is 6.41. The van der Waals surface area contributed by atoms with Crippen molar-refractivity contribution >= 4 is 50.8 Å². The van der Waals surface area contributed by atoms with E-state index < -0.39 is 0 Å². The number of rotatable bonds is 5. The topological polar surface area (TPSA) is 36.5 Å². The number of anilines is 5. The minimum atomic E-state index is 0.697. The van der Waals surface area contributed by atoms with Crippen molar-refractivity contribution in [2.24, 2.45) is 0 Å². The number of fused-ring (bicyclic) bond motifs is 4. The fourth-order valence-corrected chi connectivity index (χ4v) is 4.31. The third kappa shape index (κ3) is 3.64. The molecule has 0 spiro atoms.